The number of carbonyl (C=O) groups excluding carboxylic acids is 1. The molecule has 144 valence electrons. The molecule has 1 aliphatic heterocycles. The molecular weight excluding hydrogens is 378 g/mol. The minimum Gasteiger partial charge on any atom is -0.463 e. The van der Waals surface area contributed by atoms with Gasteiger partial charge in [0.05, 0.1) is 12.2 Å². The van der Waals surface area contributed by atoms with E-state index in [-0.39, 0.29) is 12.4 Å². The van der Waals surface area contributed by atoms with Crippen molar-refractivity contribution in [3.05, 3.63) is 41.1 Å². The maximum atomic E-state index is 12.6. The van der Waals surface area contributed by atoms with Crippen molar-refractivity contribution in [3.63, 3.8) is 0 Å². The van der Waals surface area contributed by atoms with Gasteiger partial charge < -0.3 is 14.8 Å². The maximum absolute atomic E-state index is 12.6. The zero-order valence-electron chi connectivity index (χ0n) is 14.9. The van der Waals surface area contributed by atoms with Crippen molar-refractivity contribution in [3.8, 4) is 5.75 Å². The number of hydrogen-bond donors (Lipinski definition) is 1. The summed E-state index contributed by atoms with van der Waals surface area (Å²) in [5.74, 6) is 0.0414. The molecule has 10 heteroatoms. The number of esters is 1. The highest BCUT2D eigenvalue weighted by Crippen LogP contribution is 2.37. The zero-order chi connectivity index (χ0) is 19.6. The molecular formula is C17H18F2N4O3S. The van der Waals surface area contributed by atoms with Crippen molar-refractivity contribution < 1.29 is 23.0 Å². The molecule has 27 heavy (non-hydrogen) atoms. The summed E-state index contributed by atoms with van der Waals surface area (Å²) in [6.07, 6.45) is 1.85. The van der Waals surface area contributed by atoms with E-state index in [4.69, 9.17) is 4.74 Å². The minimum absolute atomic E-state index is 0.0321. The number of allylic oxidation sites excluding steroid dienone is 1. The smallest absolute Gasteiger partial charge is 0.387 e. The quantitative estimate of drug-likeness (QED) is 0.592. The number of ether oxygens (including phenoxy) is 2. The van der Waals surface area contributed by atoms with Gasteiger partial charge >= 0.3 is 12.6 Å². The fraction of sp³-hybridized carbons (Fsp3) is 0.353. The fourth-order valence-electron chi connectivity index (χ4n) is 2.83. The number of rotatable bonds is 6. The molecule has 3 rings (SSSR count). The molecule has 7 nitrogen and oxygen atoms in total. The van der Waals surface area contributed by atoms with E-state index in [0.29, 0.717) is 27.9 Å². The Balaban J connectivity index is 2.06. The van der Waals surface area contributed by atoms with Crippen molar-refractivity contribution in [1.29, 1.82) is 0 Å². The zero-order valence-corrected chi connectivity index (χ0v) is 15.7. The number of carbonyl (C=O) groups is 1. The third kappa shape index (κ3) is 3.90. The lowest BCUT2D eigenvalue weighted by atomic mass is 9.96. The van der Waals surface area contributed by atoms with Crippen LogP contribution in [-0.4, -0.2) is 40.2 Å². The molecule has 0 bridgehead atoms. The molecule has 1 unspecified atom stereocenters. The Bertz CT molecular complexity index is 868. The van der Waals surface area contributed by atoms with Gasteiger partial charge in [-0.15, -0.1) is 5.10 Å². The number of aromatic nitrogens is 3. The highest BCUT2D eigenvalue weighted by Gasteiger charge is 2.35. The van der Waals surface area contributed by atoms with Crippen LogP contribution in [0.4, 0.5) is 14.7 Å². The molecule has 1 atom stereocenters. The van der Waals surface area contributed by atoms with Crippen LogP contribution in [0.25, 0.3) is 0 Å². The summed E-state index contributed by atoms with van der Waals surface area (Å²) in [5, 5.41) is 8.05. The minimum atomic E-state index is -2.90. The van der Waals surface area contributed by atoms with E-state index < -0.39 is 18.6 Å². The van der Waals surface area contributed by atoms with Crippen LogP contribution in [0.3, 0.4) is 0 Å². The van der Waals surface area contributed by atoms with Crippen LogP contribution in [-0.2, 0) is 9.53 Å². The van der Waals surface area contributed by atoms with Crippen molar-refractivity contribution in [2.45, 2.75) is 31.7 Å². The summed E-state index contributed by atoms with van der Waals surface area (Å²) in [6.45, 7) is 0.800. The first-order chi connectivity index (χ1) is 12.9. The average Bonchev–Trinajstić information content (AvgIpc) is 3.03. The van der Waals surface area contributed by atoms with Crippen molar-refractivity contribution >= 4 is 23.7 Å². The molecule has 1 aromatic carbocycles. The molecule has 2 aromatic rings. The molecule has 1 aromatic heterocycles. The lowest BCUT2D eigenvalue weighted by Crippen LogP contribution is -2.29. The number of nitrogens with one attached hydrogen (secondary N) is 1. The van der Waals surface area contributed by atoms with E-state index in [1.54, 1.807) is 30.7 Å². The Hall–Kier alpha value is -2.62. The molecule has 0 saturated heterocycles. The van der Waals surface area contributed by atoms with Crippen molar-refractivity contribution in [1.82, 2.24) is 14.8 Å². The normalized spacial score (nSPS) is 16.1. The molecule has 2 heterocycles. The van der Waals surface area contributed by atoms with E-state index in [1.807, 2.05) is 6.26 Å². The standard InChI is InChI=1S/C17H18F2N4O3S/c1-4-25-14(24)12-9(2)20-16-21-17(27-3)22-23(16)13(12)10-5-7-11(8-6-10)26-15(18)19/h5-8,13,15H,4H2,1-3H3,(H,20,21,22). The Kier molecular flexibility index (Phi) is 5.64. The molecule has 0 radical (unpaired) electrons. The van der Waals surface area contributed by atoms with Crippen LogP contribution in [0, 0.1) is 0 Å². The number of anilines is 1. The van der Waals surface area contributed by atoms with Crippen LogP contribution >= 0.6 is 11.8 Å². The molecule has 0 saturated carbocycles. The van der Waals surface area contributed by atoms with E-state index in [2.05, 4.69) is 20.1 Å². The summed E-state index contributed by atoms with van der Waals surface area (Å²) in [7, 11) is 0. The number of thioether (sulfide) groups is 1. The topological polar surface area (TPSA) is 78.3 Å². The summed E-state index contributed by atoms with van der Waals surface area (Å²) in [6, 6.07) is 5.48. The number of halogens is 2. The van der Waals surface area contributed by atoms with Crippen molar-refractivity contribution in [2.75, 3.05) is 18.2 Å². The lowest BCUT2D eigenvalue weighted by Gasteiger charge is -2.28. The molecule has 0 aliphatic carbocycles. The van der Waals surface area contributed by atoms with Gasteiger partial charge in [-0.3, -0.25) is 0 Å². The second kappa shape index (κ2) is 7.95. The third-order valence-corrected chi connectivity index (χ3v) is 4.47. The number of fused-ring (bicyclic) bond motifs is 1. The van der Waals surface area contributed by atoms with Gasteiger partial charge in [0.1, 0.15) is 11.8 Å². The summed E-state index contributed by atoms with van der Waals surface area (Å²) < 4.78 is 36.0. The van der Waals surface area contributed by atoms with E-state index in [1.165, 1.54) is 23.9 Å². The first-order valence-corrected chi connectivity index (χ1v) is 9.37. The Labute approximate surface area is 158 Å². The molecule has 0 amide bonds. The Morgan fingerprint density at radius 1 is 1.37 bits per heavy atom. The Morgan fingerprint density at radius 3 is 2.67 bits per heavy atom. The van der Waals surface area contributed by atoms with Gasteiger partial charge in [-0.25, -0.2) is 9.48 Å². The predicted octanol–water partition coefficient (Wildman–Crippen LogP) is 3.45. The second-order valence-electron chi connectivity index (χ2n) is 5.60. The highest BCUT2D eigenvalue weighted by molar-refractivity contribution is 7.98. The molecule has 1 aliphatic rings. The van der Waals surface area contributed by atoms with E-state index in [9.17, 15) is 13.6 Å². The lowest BCUT2D eigenvalue weighted by molar-refractivity contribution is -0.139. The molecule has 0 spiro atoms. The van der Waals surface area contributed by atoms with Crippen LogP contribution in [0.5, 0.6) is 5.75 Å². The summed E-state index contributed by atoms with van der Waals surface area (Å²) in [5.41, 5.74) is 1.64. The van der Waals surface area contributed by atoms with Crippen LogP contribution in [0.2, 0.25) is 0 Å². The number of alkyl halides is 2. The van der Waals surface area contributed by atoms with Crippen molar-refractivity contribution in [2.24, 2.45) is 0 Å². The predicted molar refractivity (Wildman–Crippen MR) is 96.0 cm³/mol. The summed E-state index contributed by atoms with van der Waals surface area (Å²) >= 11 is 1.37. The van der Waals surface area contributed by atoms with Gasteiger partial charge in [0.15, 0.2) is 0 Å². The number of benzene rings is 1. The van der Waals surface area contributed by atoms with Gasteiger partial charge in [0, 0.05) is 5.70 Å². The average molecular weight is 396 g/mol. The van der Waals surface area contributed by atoms with Crippen LogP contribution < -0.4 is 10.1 Å². The Morgan fingerprint density at radius 2 is 2.07 bits per heavy atom. The van der Waals surface area contributed by atoms with Crippen LogP contribution in [0.1, 0.15) is 25.5 Å². The van der Waals surface area contributed by atoms with Gasteiger partial charge in [-0.05, 0) is 37.8 Å². The molecule has 1 N–H and O–H groups in total. The number of nitrogens with zero attached hydrogens (tertiary/aromatic N) is 3. The van der Waals surface area contributed by atoms with E-state index >= 15 is 0 Å². The fourth-order valence-corrected chi connectivity index (χ4v) is 3.18. The monoisotopic (exact) mass is 396 g/mol. The van der Waals surface area contributed by atoms with Crippen LogP contribution in [0.15, 0.2) is 40.7 Å². The molecule has 0 fully saturated rings. The van der Waals surface area contributed by atoms with Gasteiger partial charge in [0.25, 0.3) is 0 Å². The number of hydrogen-bond acceptors (Lipinski definition) is 7. The maximum Gasteiger partial charge on any atom is 0.387 e. The van der Waals surface area contributed by atoms with Gasteiger partial charge in [-0.1, -0.05) is 23.9 Å². The first kappa shape index (κ1) is 19.2. The second-order valence-corrected chi connectivity index (χ2v) is 6.37. The van der Waals surface area contributed by atoms with Gasteiger partial charge in [0.2, 0.25) is 11.1 Å². The SMILES string of the molecule is CCOC(=O)C1=C(C)Nc2nc(SC)nn2C1c1ccc(OC(F)F)cc1. The van der Waals surface area contributed by atoms with E-state index in [0.717, 1.165) is 0 Å². The highest BCUT2D eigenvalue weighted by atomic mass is 32.2. The van der Waals surface area contributed by atoms with Gasteiger partial charge in [-0.2, -0.15) is 13.8 Å². The largest absolute Gasteiger partial charge is 0.463 e. The summed E-state index contributed by atoms with van der Waals surface area (Å²) in [4.78, 5) is 17.0. The first-order valence-electron chi connectivity index (χ1n) is 8.14. The third-order valence-electron chi connectivity index (χ3n) is 3.93.